The van der Waals surface area contributed by atoms with Gasteiger partial charge in [-0.15, -0.1) is 0 Å². The van der Waals surface area contributed by atoms with E-state index in [1.54, 1.807) is 0 Å². The number of nitrogens with one attached hydrogen (secondary N) is 2. The molecule has 1 fully saturated rings. The summed E-state index contributed by atoms with van der Waals surface area (Å²) in [4.78, 5) is 19.6. The van der Waals surface area contributed by atoms with Crippen LogP contribution in [-0.2, 0) is 4.74 Å². The zero-order valence-corrected chi connectivity index (χ0v) is 12.0. The van der Waals surface area contributed by atoms with Crippen molar-refractivity contribution in [2.45, 2.75) is 32.1 Å². The number of hydrogen-bond acceptors (Lipinski definition) is 6. The van der Waals surface area contributed by atoms with Crippen LogP contribution in [0.5, 0.6) is 0 Å². The molecule has 1 amide bonds. The van der Waals surface area contributed by atoms with Gasteiger partial charge in [0.15, 0.2) is 0 Å². The maximum atomic E-state index is 11.3. The Morgan fingerprint density at radius 1 is 1.29 bits per heavy atom. The maximum absolute atomic E-state index is 11.3. The van der Waals surface area contributed by atoms with E-state index in [0.717, 1.165) is 6.54 Å². The van der Waals surface area contributed by atoms with Crippen molar-refractivity contribution in [2.24, 2.45) is 5.92 Å². The molecule has 0 unspecified atom stereocenters. The van der Waals surface area contributed by atoms with Crippen molar-refractivity contribution in [3.8, 4) is 0 Å². The Morgan fingerprint density at radius 3 is 2.67 bits per heavy atom. The van der Waals surface area contributed by atoms with Gasteiger partial charge in [-0.3, -0.25) is 5.32 Å². The van der Waals surface area contributed by atoms with Gasteiger partial charge in [-0.1, -0.05) is 19.3 Å². The first-order valence-corrected chi connectivity index (χ1v) is 7.38. The number of anilines is 2. The number of ether oxygens (including phenoxy) is 1. The van der Waals surface area contributed by atoms with Gasteiger partial charge in [0.05, 0.1) is 24.7 Å². The first-order chi connectivity index (χ1) is 10.3. The number of carbonyl (C=O) groups excluding carboxylic acids is 1. The summed E-state index contributed by atoms with van der Waals surface area (Å²) in [5.74, 6) is 1.27. The number of aliphatic hydroxyl groups excluding tert-OH is 1. The van der Waals surface area contributed by atoms with Gasteiger partial charge in [0.2, 0.25) is 5.95 Å². The van der Waals surface area contributed by atoms with Gasteiger partial charge in [0, 0.05) is 6.54 Å². The summed E-state index contributed by atoms with van der Waals surface area (Å²) >= 11 is 0. The minimum absolute atomic E-state index is 0.0340. The molecule has 0 saturated heterocycles. The van der Waals surface area contributed by atoms with Crippen molar-refractivity contribution in [1.82, 2.24) is 9.97 Å². The SMILES string of the molecule is O=C(Nc1cnc(NCC2CCCCC2)nc1)OCCO. The van der Waals surface area contributed by atoms with Gasteiger partial charge < -0.3 is 15.2 Å². The van der Waals surface area contributed by atoms with Crippen LogP contribution in [0.15, 0.2) is 12.4 Å². The Bertz CT molecular complexity index is 432. The Kier molecular flexibility index (Phi) is 6.21. The standard InChI is InChI=1S/C14H22N4O3/c19-6-7-21-14(20)18-12-9-16-13(17-10-12)15-8-11-4-2-1-3-5-11/h9-11,19H,1-8H2,(H,18,20)(H,15,16,17). The van der Waals surface area contributed by atoms with Crippen LogP contribution in [0, 0.1) is 5.92 Å². The van der Waals surface area contributed by atoms with Gasteiger partial charge in [0.1, 0.15) is 6.61 Å². The van der Waals surface area contributed by atoms with Crippen LogP contribution in [0.2, 0.25) is 0 Å². The molecule has 1 heterocycles. The second-order valence-electron chi connectivity index (χ2n) is 5.16. The van der Waals surface area contributed by atoms with Crippen LogP contribution in [0.1, 0.15) is 32.1 Å². The second kappa shape index (κ2) is 8.41. The molecule has 7 heteroatoms. The number of hydrogen-bond donors (Lipinski definition) is 3. The van der Waals surface area contributed by atoms with Crippen molar-refractivity contribution < 1.29 is 14.6 Å². The van der Waals surface area contributed by atoms with Crippen LogP contribution >= 0.6 is 0 Å². The molecule has 0 aromatic carbocycles. The van der Waals surface area contributed by atoms with E-state index in [1.165, 1.54) is 44.5 Å². The third-order valence-corrected chi connectivity index (χ3v) is 3.50. The van der Waals surface area contributed by atoms with Crippen molar-refractivity contribution in [3.63, 3.8) is 0 Å². The van der Waals surface area contributed by atoms with Crippen LogP contribution in [0.4, 0.5) is 16.4 Å². The molecule has 0 bridgehead atoms. The van der Waals surface area contributed by atoms with E-state index >= 15 is 0 Å². The normalized spacial score (nSPS) is 15.5. The van der Waals surface area contributed by atoms with Gasteiger partial charge in [-0.2, -0.15) is 0 Å². The Hall–Kier alpha value is -1.89. The van der Waals surface area contributed by atoms with Crippen molar-refractivity contribution in [1.29, 1.82) is 0 Å². The zero-order valence-electron chi connectivity index (χ0n) is 12.0. The summed E-state index contributed by atoms with van der Waals surface area (Å²) in [6.07, 6.45) is 8.92. The molecule has 0 atom stereocenters. The molecule has 3 N–H and O–H groups in total. The Morgan fingerprint density at radius 2 is 2.00 bits per heavy atom. The third kappa shape index (κ3) is 5.55. The molecule has 0 spiro atoms. The molecule has 1 aromatic rings. The van der Waals surface area contributed by atoms with Crippen molar-refractivity contribution in [3.05, 3.63) is 12.4 Å². The average molecular weight is 294 g/mol. The average Bonchev–Trinajstić information content (AvgIpc) is 2.53. The number of rotatable bonds is 6. The molecule has 1 aromatic heterocycles. The monoisotopic (exact) mass is 294 g/mol. The van der Waals surface area contributed by atoms with E-state index < -0.39 is 6.09 Å². The Labute approximate surface area is 124 Å². The summed E-state index contributed by atoms with van der Waals surface area (Å²) < 4.78 is 4.68. The first kappa shape index (κ1) is 15.5. The highest BCUT2D eigenvalue weighted by Crippen LogP contribution is 2.23. The summed E-state index contributed by atoms with van der Waals surface area (Å²) in [7, 11) is 0. The largest absolute Gasteiger partial charge is 0.447 e. The minimum atomic E-state index is -0.629. The van der Waals surface area contributed by atoms with E-state index in [-0.39, 0.29) is 13.2 Å². The second-order valence-corrected chi connectivity index (χ2v) is 5.16. The molecular weight excluding hydrogens is 272 g/mol. The molecule has 116 valence electrons. The highest BCUT2D eigenvalue weighted by Gasteiger charge is 2.13. The van der Waals surface area contributed by atoms with Crippen LogP contribution in [-0.4, -0.2) is 40.9 Å². The highest BCUT2D eigenvalue weighted by atomic mass is 16.6. The predicted octanol–water partition coefficient (Wildman–Crippen LogP) is 2.01. The van der Waals surface area contributed by atoms with Crippen molar-refractivity contribution in [2.75, 3.05) is 30.4 Å². The van der Waals surface area contributed by atoms with E-state index in [9.17, 15) is 4.79 Å². The number of carbonyl (C=O) groups is 1. The van der Waals surface area contributed by atoms with E-state index in [2.05, 4.69) is 25.3 Å². The summed E-state index contributed by atoms with van der Waals surface area (Å²) in [6, 6.07) is 0. The molecule has 1 aliphatic rings. The van der Waals surface area contributed by atoms with Gasteiger partial charge >= 0.3 is 6.09 Å². The predicted molar refractivity (Wildman–Crippen MR) is 79.2 cm³/mol. The van der Waals surface area contributed by atoms with Crippen LogP contribution < -0.4 is 10.6 Å². The quantitative estimate of drug-likeness (QED) is 0.742. The van der Waals surface area contributed by atoms with E-state index in [0.29, 0.717) is 17.6 Å². The Balaban J connectivity index is 1.74. The summed E-state index contributed by atoms with van der Waals surface area (Å²) in [5, 5.41) is 14.3. The smallest absolute Gasteiger partial charge is 0.411 e. The number of amides is 1. The first-order valence-electron chi connectivity index (χ1n) is 7.38. The number of aliphatic hydroxyl groups is 1. The molecule has 7 nitrogen and oxygen atoms in total. The fourth-order valence-electron chi connectivity index (χ4n) is 2.40. The van der Waals surface area contributed by atoms with Crippen molar-refractivity contribution >= 4 is 17.7 Å². The van der Waals surface area contributed by atoms with Gasteiger partial charge in [0.25, 0.3) is 0 Å². The lowest BCUT2D eigenvalue weighted by Gasteiger charge is -2.21. The maximum Gasteiger partial charge on any atom is 0.411 e. The topological polar surface area (TPSA) is 96.4 Å². The third-order valence-electron chi connectivity index (χ3n) is 3.50. The van der Waals surface area contributed by atoms with Gasteiger partial charge in [-0.05, 0) is 18.8 Å². The molecule has 2 rings (SSSR count). The summed E-state index contributed by atoms with van der Waals surface area (Å²) in [5.41, 5.74) is 0.459. The van der Waals surface area contributed by atoms with E-state index in [4.69, 9.17) is 5.11 Å². The lowest BCUT2D eigenvalue weighted by atomic mass is 9.89. The lowest BCUT2D eigenvalue weighted by molar-refractivity contribution is 0.131. The zero-order chi connectivity index (χ0) is 14.9. The molecule has 0 radical (unpaired) electrons. The molecule has 1 aliphatic carbocycles. The number of aromatic nitrogens is 2. The fraction of sp³-hybridized carbons (Fsp3) is 0.643. The fourth-order valence-corrected chi connectivity index (χ4v) is 2.40. The number of nitrogens with zero attached hydrogens (tertiary/aromatic N) is 2. The van der Waals surface area contributed by atoms with Gasteiger partial charge in [-0.25, -0.2) is 14.8 Å². The van der Waals surface area contributed by atoms with Crippen LogP contribution in [0.25, 0.3) is 0 Å². The molecule has 0 aliphatic heterocycles. The molecular formula is C14H22N4O3. The molecule has 21 heavy (non-hydrogen) atoms. The van der Waals surface area contributed by atoms with Crippen LogP contribution in [0.3, 0.4) is 0 Å². The summed E-state index contributed by atoms with van der Waals surface area (Å²) in [6.45, 7) is 0.660. The molecule has 1 saturated carbocycles. The minimum Gasteiger partial charge on any atom is -0.447 e. The van der Waals surface area contributed by atoms with E-state index in [1.807, 2.05) is 0 Å². The highest BCUT2D eigenvalue weighted by molar-refractivity contribution is 5.84. The lowest BCUT2D eigenvalue weighted by Crippen LogP contribution is -2.19.